The minimum Gasteiger partial charge on any atom is -0.491 e. The van der Waals surface area contributed by atoms with E-state index in [4.69, 9.17) is 9.47 Å². The summed E-state index contributed by atoms with van der Waals surface area (Å²) < 4.78 is 11.9. The average molecular weight is 306 g/mol. The van der Waals surface area contributed by atoms with Crippen molar-refractivity contribution in [2.75, 3.05) is 13.7 Å². The van der Waals surface area contributed by atoms with E-state index in [1.165, 1.54) is 25.7 Å². The quantitative estimate of drug-likeness (QED) is 0.746. The zero-order chi connectivity index (χ0) is 15.8. The van der Waals surface area contributed by atoms with Gasteiger partial charge in [-0.1, -0.05) is 51.2 Å². The number of benzene rings is 1. The van der Waals surface area contributed by atoms with Crippen molar-refractivity contribution in [2.24, 2.45) is 0 Å². The third kappa shape index (κ3) is 4.72. The summed E-state index contributed by atoms with van der Waals surface area (Å²) in [5, 5.41) is 10.1. The zero-order valence-electron chi connectivity index (χ0n) is 14.0. The van der Waals surface area contributed by atoms with Crippen molar-refractivity contribution < 1.29 is 14.6 Å². The van der Waals surface area contributed by atoms with Crippen molar-refractivity contribution in [1.29, 1.82) is 0 Å². The van der Waals surface area contributed by atoms with E-state index in [2.05, 4.69) is 6.92 Å². The van der Waals surface area contributed by atoms with Crippen molar-refractivity contribution in [3.05, 3.63) is 29.8 Å². The highest BCUT2D eigenvalue weighted by atomic mass is 16.5. The second-order valence-corrected chi connectivity index (χ2v) is 6.47. The molecule has 0 aliphatic heterocycles. The van der Waals surface area contributed by atoms with Gasteiger partial charge < -0.3 is 14.6 Å². The van der Waals surface area contributed by atoms with E-state index in [9.17, 15) is 5.11 Å². The zero-order valence-corrected chi connectivity index (χ0v) is 14.0. The third-order valence-corrected chi connectivity index (χ3v) is 4.75. The van der Waals surface area contributed by atoms with Gasteiger partial charge in [-0.3, -0.25) is 0 Å². The predicted octanol–water partition coefficient (Wildman–Crippen LogP) is 4.64. The Kier molecular flexibility index (Phi) is 6.71. The van der Waals surface area contributed by atoms with E-state index in [0.717, 1.165) is 37.0 Å². The number of aliphatic hydroxyl groups is 1. The fraction of sp³-hybridized carbons (Fsp3) is 0.684. The van der Waals surface area contributed by atoms with Gasteiger partial charge >= 0.3 is 0 Å². The van der Waals surface area contributed by atoms with E-state index in [0.29, 0.717) is 6.61 Å². The van der Waals surface area contributed by atoms with Crippen LogP contribution in [0.4, 0.5) is 0 Å². The molecule has 124 valence electrons. The Morgan fingerprint density at radius 3 is 2.55 bits per heavy atom. The number of aliphatic hydroxyl groups excluding tert-OH is 1. The van der Waals surface area contributed by atoms with Crippen LogP contribution in [0.25, 0.3) is 0 Å². The number of ether oxygens (including phenoxy) is 2. The normalized spacial score (nSPS) is 19.4. The van der Waals surface area contributed by atoms with Crippen LogP contribution in [0.1, 0.15) is 70.0 Å². The molecule has 0 saturated heterocycles. The molecule has 1 aliphatic carbocycles. The smallest absolute Gasteiger partial charge is 0.119 e. The molecule has 1 unspecified atom stereocenters. The Morgan fingerprint density at radius 2 is 1.91 bits per heavy atom. The summed E-state index contributed by atoms with van der Waals surface area (Å²) in [4.78, 5) is 0. The Morgan fingerprint density at radius 1 is 1.18 bits per heavy atom. The van der Waals surface area contributed by atoms with Crippen molar-refractivity contribution in [1.82, 2.24) is 0 Å². The maximum atomic E-state index is 10.1. The van der Waals surface area contributed by atoms with E-state index in [1.807, 2.05) is 24.3 Å². The predicted molar refractivity (Wildman–Crippen MR) is 89.2 cm³/mol. The van der Waals surface area contributed by atoms with Crippen molar-refractivity contribution in [3.8, 4) is 5.75 Å². The van der Waals surface area contributed by atoms with Gasteiger partial charge in [0.25, 0.3) is 0 Å². The molecule has 1 fully saturated rings. The molecule has 0 radical (unpaired) electrons. The standard InChI is InChI=1S/C19H30O3/c1-3-9-18(20)16-10-8-11-17(14-16)22-15-19(21-2)12-6-4-5-7-13-19/h8,10-11,14,18,20H,3-7,9,12-13,15H2,1-2H3. The molecule has 1 N–H and O–H groups in total. The Labute approximate surface area is 134 Å². The minimum atomic E-state index is -0.400. The van der Waals surface area contributed by atoms with Gasteiger partial charge in [0.15, 0.2) is 0 Å². The molecule has 0 bridgehead atoms. The Balaban J connectivity index is 1.99. The molecule has 1 aliphatic rings. The van der Waals surface area contributed by atoms with Crippen LogP contribution in [0.2, 0.25) is 0 Å². The van der Waals surface area contributed by atoms with E-state index < -0.39 is 6.10 Å². The van der Waals surface area contributed by atoms with Gasteiger partial charge in [-0.25, -0.2) is 0 Å². The second kappa shape index (κ2) is 8.54. The summed E-state index contributed by atoms with van der Waals surface area (Å²) in [7, 11) is 1.80. The highest BCUT2D eigenvalue weighted by Crippen LogP contribution is 2.31. The first-order valence-electron chi connectivity index (χ1n) is 8.65. The maximum Gasteiger partial charge on any atom is 0.119 e. The molecule has 22 heavy (non-hydrogen) atoms. The monoisotopic (exact) mass is 306 g/mol. The summed E-state index contributed by atoms with van der Waals surface area (Å²) >= 11 is 0. The Hall–Kier alpha value is -1.06. The molecule has 0 spiro atoms. The first-order chi connectivity index (χ1) is 10.7. The molecular weight excluding hydrogens is 276 g/mol. The number of rotatable bonds is 7. The van der Waals surface area contributed by atoms with Crippen LogP contribution < -0.4 is 4.74 Å². The molecule has 3 nitrogen and oxygen atoms in total. The molecule has 1 atom stereocenters. The lowest BCUT2D eigenvalue weighted by Crippen LogP contribution is -2.37. The van der Waals surface area contributed by atoms with E-state index >= 15 is 0 Å². The SMILES string of the molecule is CCCC(O)c1cccc(OCC2(OC)CCCCCC2)c1. The number of methoxy groups -OCH3 is 1. The minimum absolute atomic E-state index is 0.144. The largest absolute Gasteiger partial charge is 0.491 e. The lowest BCUT2D eigenvalue weighted by molar-refractivity contribution is -0.0548. The molecule has 1 aromatic carbocycles. The van der Waals surface area contributed by atoms with Gasteiger partial charge in [0.2, 0.25) is 0 Å². The van der Waals surface area contributed by atoms with Gasteiger partial charge in [-0.15, -0.1) is 0 Å². The topological polar surface area (TPSA) is 38.7 Å². The highest BCUT2D eigenvalue weighted by molar-refractivity contribution is 5.30. The van der Waals surface area contributed by atoms with Crippen LogP contribution in [-0.4, -0.2) is 24.4 Å². The first-order valence-corrected chi connectivity index (χ1v) is 8.65. The van der Waals surface area contributed by atoms with Crippen LogP contribution in [0.15, 0.2) is 24.3 Å². The molecule has 0 aromatic heterocycles. The lowest BCUT2D eigenvalue weighted by atomic mass is 9.95. The lowest BCUT2D eigenvalue weighted by Gasteiger charge is -2.31. The van der Waals surface area contributed by atoms with Gasteiger partial charge in [0.1, 0.15) is 18.0 Å². The second-order valence-electron chi connectivity index (χ2n) is 6.47. The van der Waals surface area contributed by atoms with Gasteiger partial charge in [-0.2, -0.15) is 0 Å². The van der Waals surface area contributed by atoms with Crippen molar-refractivity contribution in [3.63, 3.8) is 0 Å². The summed E-state index contributed by atoms with van der Waals surface area (Å²) in [6, 6.07) is 7.84. The summed E-state index contributed by atoms with van der Waals surface area (Å²) in [5.41, 5.74) is 0.792. The highest BCUT2D eigenvalue weighted by Gasteiger charge is 2.31. The van der Waals surface area contributed by atoms with Gasteiger partial charge in [-0.05, 0) is 37.0 Å². The first kappa shape index (κ1) is 17.3. The van der Waals surface area contributed by atoms with Crippen LogP contribution in [0.5, 0.6) is 5.75 Å². The van der Waals surface area contributed by atoms with Crippen LogP contribution >= 0.6 is 0 Å². The van der Waals surface area contributed by atoms with Crippen molar-refractivity contribution in [2.45, 2.75) is 70.0 Å². The Bertz CT molecular complexity index is 436. The molecule has 3 heteroatoms. The fourth-order valence-corrected chi connectivity index (χ4v) is 3.25. The van der Waals surface area contributed by atoms with Crippen LogP contribution in [-0.2, 0) is 4.74 Å². The number of hydrogen-bond donors (Lipinski definition) is 1. The van der Waals surface area contributed by atoms with E-state index in [1.54, 1.807) is 7.11 Å². The molecule has 2 rings (SSSR count). The molecule has 0 heterocycles. The van der Waals surface area contributed by atoms with Gasteiger partial charge in [0, 0.05) is 7.11 Å². The summed E-state index contributed by atoms with van der Waals surface area (Å²) in [5.74, 6) is 0.827. The summed E-state index contributed by atoms with van der Waals surface area (Å²) in [6.45, 7) is 2.68. The summed E-state index contributed by atoms with van der Waals surface area (Å²) in [6.07, 6.45) is 8.52. The maximum absolute atomic E-state index is 10.1. The third-order valence-electron chi connectivity index (χ3n) is 4.75. The molecular formula is C19H30O3. The molecule has 1 aromatic rings. The molecule has 0 amide bonds. The van der Waals surface area contributed by atoms with Crippen molar-refractivity contribution >= 4 is 0 Å². The average Bonchev–Trinajstić information content (AvgIpc) is 2.80. The van der Waals surface area contributed by atoms with Gasteiger partial charge in [0.05, 0.1) is 6.10 Å². The molecule has 1 saturated carbocycles. The van der Waals surface area contributed by atoms with E-state index in [-0.39, 0.29) is 5.60 Å². The fourth-order valence-electron chi connectivity index (χ4n) is 3.25. The number of hydrogen-bond acceptors (Lipinski definition) is 3. The van der Waals surface area contributed by atoms with Crippen LogP contribution in [0, 0.1) is 0 Å². The van der Waals surface area contributed by atoms with Crippen LogP contribution in [0.3, 0.4) is 0 Å².